The molecule has 3 nitrogen and oxygen atoms in total. The lowest BCUT2D eigenvalue weighted by atomic mass is 9.93. The molecule has 102 valence electrons. The molecule has 0 aliphatic heterocycles. The van der Waals surface area contributed by atoms with E-state index in [4.69, 9.17) is 5.73 Å². The van der Waals surface area contributed by atoms with E-state index < -0.39 is 0 Å². The van der Waals surface area contributed by atoms with Gasteiger partial charge < -0.3 is 10.7 Å². The van der Waals surface area contributed by atoms with Crippen LogP contribution in [0, 0.1) is 0 Å². The Morgan fingerprint density at radius 2 is 1.85 bits per heavy atom. The van der Waals surface area contributed by atoms with Crippen LogP contribution in [0.5, 0.6) is 0 Å². The molecule has 0 aliphatic carbocycles. The van der Waals surface area contributed by atoms with Crippen LogP contribution < -0.4 is 5.73 Å². The maximum absolute atomic E-state index is 5.80. The lowest BCUT2D eigenvalue weighted by molar-refractivity contribution is 0.508. The molecule has 20 heavy (non-hydrogen) atoms. The fraction of sp³-hybridized carbons (Fsp3) is 0.235. The SMILES string of the molecule is CC(C)(CN)c1ncc(-c2ccc3ccccc3c2)[nH]1. The Bertz CT molecular complexity index is 741. The molecule has 0 radical (unpaired) electrons. The lowest BCUT2D eigenvalue weighted by Crippen LogP contribution is -2.29. The minimum absolute atomic E-state index is 0.130. The standard InChI is InChI=1S/C17H19N3/c1-17(2,11-18)16-19-10-15(20-16)14-8-7-12-5-3-4-6-13(12)9-14/h3-10H,11,18H2,1-2H3,(H,19,20). The molecule has 3 N–H and O–H groups in total. The molecule has 0 bridgehead atoms. The van der Waals surface area contributed by atoms with E-state index >= 15 is 0 Å². The van der Waals surface area contributed by atoms with E-state index in [1.54, 1.807) is 0 Å². The van der Waals surface area contributed by atoms with Gasteiger partial charge in [-0.05, 0) is 16.8 Å². The van der Waals surface area contributed by atoms with Gasteiger partial charge in [0.25, 0.3) is 0 Å². The Labute approximate surface area is 118 Å². The predicted molar refractivity (Wildman–Crippen MR) is 83.6 cm³/mol. The Morgan fingerprint density at radius 3 is 2.60 bits per heavy atom. The average Bonchev–Trinajstić information content (AvgIpc) is 2.97. The first-order valence-electron chi connectivity index (χ1n) is 6.85. The summed E-state index contributed by atoms with van der Waals surface area (Å²) in [4.78, 5) is 7.87. The molecule has 0 saturated carbocycles. The van der Waals surface area contributed by atoms with E-state index in [1.807, 2.05) is 6.20 Å². The molecular weight excluding hydrogens is 246 g/mol. The molecule has 0 unspecified atom stereocenters. The Kier molecular flexibility index (Phi) is 3.07. The largest absolute Gasteiger partial charge is 0.342 e. The van der Waals surface area contributed by atoms with Crippen molar-refractivity contribution in [2.24, 2.45) is 5.73 Å². The third-order valence-corrected chi connectivity index (χ3v) is 3.79. The fourth-order valence-corrected chi connectivity index (χ4v) is 2.27. The zero-order valence-corrected chi connectivity index (χ0v) is 11.9. The molecule has 0 amide bonds. The first-order chi connectivity index (χ1) is 9.60. The third-order valence-electron chi connectivity index (χ3n) is 3.79. The van der Waals surface area contributed by atoms with Crippen molar-refractivity contribution in [2.75, 3.05) is 6.54 Å². The highest BCUT2D eigenvalue weighted by atomic mass is 14.9. The van der Waals surface area contributed by atoms with Crippen molar-refractivity contribution in [3.63, 3.8) is 0 Å². The molecular formula is C17H19N3. The van der Waals surface area contributed by atoms with Crippen LogP contribution in [-0.2, 0) is 5.41 Å². The number of aromatic amines is 1. The van der Waals surface area contributed by atoms with Gasteiger partial charge in [0.05, 0.1) is 11.9 Å². The van der Waals surface area contributed by atoms with E-state index in [1.165, 1.54) is 10.8 Å². The van der Waals surface area contributed by atoms with Gasteiger partial charge >= 0.3 is 0 Å². The summed E-state index contributed by atoms with van der Waals surface area (Å²) in [6, 6.07) is 14.8. The van der Waals surface area contributed by atoms with Crippen LogP contribution in [0.4, 0.5) is 0 Å². The summed E-state index contributed by atoms with van der Waals surface area (Å²) in [5, 5.41) is 2.48. The second-order valence-electron chi connectivity index (χ2n) is 5.80. The molecule has 0 spiro atoms. The number of fused-ring (bicyclic) bond motifs is 1. The monoisotopic (exact) mass is 265 g/mol. The quantitative estimate of drug-likeness (QED) is 0.762. The van der Waals surface area contributed by atoms with Gasteiger partial charge in [-0.25, -0.2) is 4.98 Å². The molecule has 2 aromatic carbocycles. The van der Waals surface area contributed by atoms with Crippen LogP contribution >= 0.6 is 0 Å². The number of hydrogen-bond donors (Lipinski definition) is 2. The van der Waals surface area contributed by atoms with Crippen LogP contribution in [0.15, 0.2) is 48.7 Å². The zero-order valence-electron chi connectivity index (χ0n) is 11.9. The summed E-state index contributed by atoms with van der Waals surface area (Å²) in [6.07, 6.45) is 1.89. The van der Waals surface area contributed by atoms with Crippen molar-refractivity contribution in [1.82, 2.24) is 9.97 Å². The molecule has 3 heteroatoms. The predicted octanol–water partition coefficient (Wildman–Crippen LogP) is 3.47. The number of imidazole rings is 1. The zero-order chi connectivity index (χ0) is 14.2. The normalized spacial score (nSPS) is 11.9. The second-order valence-corrected chi connectivity index (χ2v) is 5.80. The third kappa shape index (κ3) is 2.21. The van der Waals surface area contributed by atoms with E-state index in [-0.39, 0.29) is 5.41 Å². The van der Waals surface area contributed by atoms with Gasteiger partial charge in [0.2, 0.25) is 0 Å². The van der Waals surface area contributed by atoms with Gasteiger partial charge in [-0.15, -0.1) is 0 Å². The number of H-pyrrole nitrogens is 1. The molecule has 0 fully saturated rings. The molecule has 3 rings (SSSR count). The van der Waals surface area contributed by atoms with Crippen LogP contribution in [0.2, 0.25) is 0 Å². The molecule has 1 aromatic heterocycles. The van der Waals surface area contributed by atoms with Gasteiger partial charge in [0, 0.05) is 17.5 Å². The number of nitrogens with two attached hydrogens (primary N) is 1. The number of hydrogen-bond acceptors (Lipinski definition) is 2. The number of rotatable bonds is 3. The van der Waals surface area contributed by atoms with Crippen LogP contribution in [-0.4, -0.2) is 16.5 Å². The second kappa shape index (κ2) is 4.76. The van der Waals surface area contributed by atoms with E-state index in [0.717, 1.165) is 17.1 Å². The minimum atomic E-state index is -0.130. The summed E-state index contributed by atoms with van der Waals surface area (Å²) in [5.41, 5.74) is 7.85. The highest BCUT2D eigenvalue weighted by Crippen LogP contribution is 2.26. The lowest BCUT2D eigenvalue weighted by Gasteiger charge is -2.18. The van der Waals surface area contributed by atoms with Crippen LogP contribution in [0.25, 0.3) is 22.0 Å². The smallest absolute Gasteiger partial charge is 0.113 e. The Morgan fingerprint density at radius 1 is 1.10 bits per heavy atom. The van der Waals surface area contributed by atoms with Crippen molar-refractivity contribution < 1.29 is 0 Å². The van der Waals surface area contributed by atoms with Crippen molar-refractivity contribution in [1.29, 1.82) is 0 Å². The summed E-state index contributed by atoms with van der Waals surface area (Å²) in [5.74, 6) is 0.933. The van der Waals surface area contributed by atoms with Crippen LogP contribution in [0.3, 0.4) is 0 Å². The first kappa shape index (κ1) is 12.9. The number of benzene rings is 2. The van der Waals surface area contributed by atoms with E-state index in [0.29, 0.717) is 6.54 Å². The molecule has 0 atom stereocenters. The van der Waals surface area contributed by atoms with Crippen molar-refractivity contribution in [3.8, 4) is 11.3 Å². The van der Waals surface area contributed by atoms with Gasteiger partial charge in [-0.2, -0.15) is 0 Å². The molecule has 0 saturated heterocycles. The maximum Gasteiger partial charge on any atom is 0.113 e. The molecule has 1 heterocycles. The van der Waals surface area contributed by atoms with Crippen molar-refractivity contribution in [3.05, 3.63) is 54.5 Å². The first-order valence-corrected chi connectivity index (χ1v) is 6.85. The Hall–Kier alpha value is -2.13. The number of aromatic nitrogens is 2. The summed E-state index contributed by atoms with van der Waals surface area (Å²) in [6.45, 7) is 4.75. The van der Waals surface area contributed by atoms with Crippen molar-refractivity contribution >= 4 is 10.8 Å². The van der Waals surface area contributed by atoms with Crippen LogP contribution in [0.1, 0.15) is 19.7 Å². The minimum Gasteiger partial charge on any atom is -0.342 e. The number of nitrogens with zero attached hydrogens (tertiary/aromatic N) is 1. The van der Waals surface area contributed by atoms with Gasteiger partial charge in [0.1, 0.15) is 5.82 Å². The van der Waals surface area contributed by atoms with E-state index in [2.05, 4.69) is 66.3 Å². The number of nitrogens with one attached hydrogen (secondary N) is 1. The average molecular weight is 265 g/mol. The van der Waals surface area contributed by atoms with Gasteiger partial charge in [-0.3, -0.25) is 0 Å². The maximum atomic E-state index is 5.80. The van der Waals surface area contributed by atoms with E-state index in [9.17, 15) is 0 Å². The topological polar surface area (TPSA) is 54.7 Å². The van der Waals surface area contributed by atoms with Crippen molar-refractivity contribution in [2.45, 2.75) is 19.3 Å². The summed E-state index contributed by atoms with van der Waals surface area (Å²) < 4.78 is 0. The Balaban J connectivity index is 2.03. The fourth-order valence-electron chi connectivity index (χ4n) is 2.27. The van der Waals surface area contributed by atoms with Gasteiger partial charge in [-0.1, -0.05) is 50.2 Å². The molecule has 3 aromatic rings. The molecule has 0 aliphatic rings. The highest BCUT2D eigenvalue weighted by molar-refractivity contribution is 5.86. The summed E-state index contributed by atoms with van der Waals surface area (Å²) in [7, 11) is 0. The highest BCUT2D eigenvalue weighted by Gasteiger charge is 2.22. The summed E-state index contributed by atoms with van der Waals surface area (Å²) >= 11 is 0. The van der Waals surface area contributed by atoms with Gasteiger partial charge in [0.15, 0.2) is 0 Å².